The fourth-order valence-electron chi connectivity index (χ4n) is 2.01. The fourth-order valence-corrected chi connectivity index (χ4v) is 2.01. The van der Waals surface area contributed by atoms with Crippen LogP contribution in [0, 0.1) is 0 Å². The summed E-state index contributed by atoms with van der Waals surface area (Å²) in [5.74, 6) is -2.19. The highest BCUT2D eigenvalue weighted by atomic mass is 16.5. The zero-order valence-electron chi connectivity index (χ0n) is 12.1. The van der Waals surface area contributed by atoms with E-state index in [0.717, 1.165) is 25.9 Å². The highest BCUT2D eigenvalue weighted by Gasteiger charge is 2.22. The van der Waals surface area contributed by atoms with Crippen molar-refractivity contribution in [2.75, 3.05) is 26.8 Å². The second kappa shape index (κ2) is 9.30. The number of piperidine rings is 1. The van der Waals surface area contributed by atoms with Crippen LogP contribution in [-0.2, 0) is 23.9 Å². The van der Waals surface area contributed by atoms with Crippen molar-refractivity contribution < 1.29 is 29.0 Å². The monoisotopic (exact) mass is 302 g/mol. The van der Waals surface area contributed by atoms with Crippen LogP contribution in [0.3, 0.4) is 0 Å². The third-order valence-corrected chi connectivity index (χ3v) is 3.23. The van der Waals surface area contributed by atoms with E-state index >= 15 is 0 Å². The molecule has 0 saturated carbocycles. The van der Waals surface area contributed by atoms with Crippen molar-refractivity contribution in [2.45, 2.75) is 37.8 Å². The van der Waals surface area contributed by atoms with Gasteiger partial charge < -0.3 is 25.2 Å². The van der Waals surface area contributed by atoms with Crippen molar-refractivity contribution >= 4 is 17.8 Å². The van der Waals surface area contributed by atoms with Gasteiger partial charge in [-0.15, -0.1) is 0 Å². The molecule has 0 spiro atoms. The van der Waals surface area contributed by atoms with E-state index in [0.29, 0.717) is 0 Å². The molecule has 1 rings (SSSR count). The molecule has 1 aliphatic rings. The minimum Gasteiger partial charge on any atom is -0.480 e. The van der Waals surface area contributed by atoms with Gasteiger partial charge in [0.1, 0.15) is 12.6 Å². The molecule has 0 aliphatic carbocycles. The number of esters is 1. The Hall–Kier alpha value is -1.67. The second-order valence-corrected chi connectivity index (χ2v) is 4.83. The van der Waals surface area contributed by atoms with Crippen LogP contribution in [0.25, 0.3) is 0 Å². The zero-order chi connectivity index (χ0) is 15.7. The van der Waals surface area contributed by atoms with Gasteiger partial charge in [0.15, 0.2) is 0 Å². The summed E-state index contributed by atoms with van der Waals surface area (Å²) < 4.78 is 9.87. The normalized spacial score (nSPS) is 17.0. The van der Waals surface area contributed by atoms with Crippen LogP contribution in [0.15, 0.2) is 0 Å². The van der Waals surface area contributed by atoms with E-state index in [9.17, 15) is 14.4 Å². The number of carbonyl (C=O) groups is 3. The second-order valence-electron chi connectivity index (χ2n) is 4.83. The third-order valence-electron chi connectivity index (χ3n) is 3.23. The summed E-state index contributed by atoms with van der Waals surface area (Å²) in [7, 11) is 1.23. The Labute approximate surface area is 123 Å². The van der Waals surface area contributed by atoms with E-state index in [1.807, 2.05) is 0 Å². The Bertz CT molecular complexity index is 368. The van der Waals surface area contributed by atoms with Gasteiger partial charge in [-0.2, -0.15) is 0 Å². The molecule has 1 aliphatic heterocycles. The van der Waals surface area contributed by atoms with E-state index in [1.54, 1.807) is 0 Å². The van der Waals surface area contributed by atoms with Crippen LogP contribution in [0.1, 0.15) is 25.7 Å². The summed E-state index contributed by atoms with van der Waals surface area (Å²) in [6.45, 7) is 1.53. The molecule has 3 N–H and O–H groups in total. The van der Waals surface area contributed by atoms with Crippen LogP contribution in [0.2, 0.25) is 0 Å². The predicted octanol–water partition coefficient (Wildman–Crippen LogP) is -0.722. The van der Waals surface area contributed by atoms with Crippen molar-refractivity contribution in [1.82, 2.24) is 10.6 Å². The molecule has 0 bridgehead atoms. The standard InChI is InChI=1S/C13H22N2O6/c1-20-12(17)3-2-10(13(18)19)15-11(16)8-21-9-4-6-14-7-5-9/h9-10,14H,2-8H2,1H3,(H,15,16)(H,18,19). The number of carbonyl (C=O) groups excluding carboxylic acids is 2. The first kappa shape index (κ1) is 17.4. The van der Waals surface area contributed by atoms with E-state index in [-0.39, 0.29) is 25.6 Å². The molecule has 0 aromatic carbocycles. The van der Waals surface area contributed by atoms with Crippen LogP contribution in [0.5, 0.6) is 0 Å². The molecule has 1 fully saturated rings. The fraction of sp³-hybridized carbons (Fsp3) is 0.769. The van der Waals surface area contributed by atoms with Crippen molar-refractivity contribution in [1.29, 1.82) is 0 Å². The number of carboxylic acid groups (broad SMARTS) is 1. The maximum atomic E-state index is 11.7. The Morgan fingerprint density at radius 3 is 2.57 bits per heavy atom. The maximum Gasteiger partial charge on any atom is 0.326 e. The number of amides is 1. The van der Waals surface area contributed by atoms with Gasteiger partial charge in [0.05, 0.1) is 13.2 Å². The van der Waals surface area contributed by atoms with Gasteiger partial charge in [-0.1, -0.05) is 0 Å². The van der Waals surface area contributed by atoms with Gasteiger partial charge >= 0.3 is 11.9 Å². The molecule has 0 radical (unpaired) electrons. The van der Waals surface area contributed by atoms with Gasteiger partial charge in [-0.25, -0.2) is 4.79 Å². The Balaban J connectivity index is 2.30. The number of nitrogens with one attached hydrogen (secondary N) is 2. The average molecular weight is 302 g/mol. The lowest BCUT2D eigenvalue weighted by atomic mass is 10.1. The van der Waals surface area contributed by atoms with Crippen molar-refractivity contribution in [2.24, 2.45) is 0 Å². The summed E-state index contributed by atoms with van der Waals surface area (Å²) >= 11 is 0. The summed E-state index contributed by atoms with van der Waals surface area (Å²) in [4.78, 5) is 33.7. The SMILES string of the molecule is COC(=O)CCC(NC(=O)COC1CCNCC1)C(=O)O. The lowest BCUT2D eigenvalue weighted by molar-refractivity contribution is -0.145. The zero-order valence-corrected chi connectivity index (χ0v) is 12.1. The summed E-state index contributed by atoms with van der Waals surface area (Å²) in [5, 5.41) is 14.5. The molecule has 0 aromatic heterocycles. The Morgan fingerprint density at radius 2 is 2.00 bits per heavy atom. The summed E-state index contributed by atoms with van der Waals surface area (Å²) in [6.07, 6.45) is 1.61. The quantitative estimate of drug-likeness (QED) is 0.507. The van der Waals surface area contributed by atoms with Crippen molar-refractivity contribution in [3.05, 3.63) is 0 Å². The highest BCUT2D eigenvalue weighted by molar-refractivity contribution is 5.84. The van der Waals surface area contributed by atoms with Crippen LogP contribution < -0.4 is 10.6 Å². The van der Waals surface area contributed by atoms with Gasteiger partial charge in [-0.3, -0.25) is 9.59 Å². The van der Waals surface area contributed by atoms with Gasteiger partial charge in [0.2, 0.25) is 5.91 Å². The number of aliphatic carboxylic acids is 1. The molecule has 21 heavy (non-hydrogen) atoms. The van der Waals surface area contributed by atoms with Gasteiger partial charge in [-0.05, 0) is 32.4 Å². The van der Waals surface area contributed by atoms with Crippen molar-refractivity contribution in [3.63, 3.8) is 0 Å². The molecule has 1 heterocycles. The number of hydrogen-bond donors (Lipinski definition) is 3. The lowest BCUT2D eigenvalue weighted by Crippen LogP contribution is -2.43. The molecule has 120 valence electrons. The number of ether oxygens (including phenoxy) is 2. The Morgan fingerprint density at radius 1 is 1.33 bits per heavy atom. The highest BCUT2D eigenvalue weighted by Crippen LogP contribution is 2.07. The van der Waals surface area contributed by atoms with E-state index < -0.39 is 23.9 Å². The first-order valence-electron chi connectivity index (χ1n) is 6.94. The number of carboxylic acids is 1. The van der Waals surface area contributed by atoms with Crippen LogP contribution >= 0.6 is 0 Å². The van der Waals surface area contributed by atoms with Crippen LogP contribution in [0.4, 0.5) is 0 Å². The van der Waals surface area contributed by atoms with Crippen LogP contribution in [-0.4, -0.2) is 61.9 Å². The molecule has 8 heteroatoms. The molecular formula is C13H22N2O6. The average Bonchev–Trinajstić information content (AvgIpc) is 2.49. The minimum atomic E-state index is -1.19. The largest absolute Gasteiger partial charge is 0.480 e. The first-order valence-corrected chi connectivity index (χ1v) is 6.94. The number of hydrogen-bond acceptors (Lipinski definition) is 6. The van der Waals surface area contributed by atoms with E-state index in [4.69, 9.17) is 9.84 Å². The molecule has 1 saturated heterocycles. The smallest absolute Gasteiger partial charge is 0.326 e. The van der Waals surface area contributed by atoms with Crippen molar-refractivity contribution in [3.8, 4) is 0 Å². The topological polar surface area (TPSA) is 114 Å². The molecule has 1 unspecified atom stereocenters. The minimum absolute atomic E-state index is 0.0128. The summed E-state index contributed by atoms with van der Waals surface area (Å²) in [6, 6.07) is -1.12. The lowest BCUT2D eigenvalue weighted by Gasteiger charge is -2.23. The molecular weight excluding hydrogens is 280 g/mol. The predicted molar refractivity (Wildman–Crippen MR) is 72.7 cm³/mol. The Kier molecular flexibility index (Phi) is 7.70. The first-order chi connectivity index (χ1) is 10.0. The maximum absolute atomic E-state index is 11.7. The van der Waals surface area contributed by atoms with Gasteiger partial charge in [0.25, 0.3) is 0 Å². The summed E-state index contributed by atoms with van der Waals surface area (Å²) in [5.41, 5.74) is 0. The van der Waals surface area contributed by atoms with E-state index in [2.05, 4.69) is 15.4 Å². The number of rotatable bonds is 8. The molecule has 1 amide bonds. The molecule has 8 nitrogen and oxygen atoms in total. The molecule has 0 aromatic rings. The molecule has 1 atom stereocenters. The third kappa shape index (κ3) is 7.05. The van der Waals surface area contributed by atoms with Gasteiger partial charge in [0, 0.05) is 6.42 Å². The van der Waals surface area contributed by atoms with E-state index in [1.165, 1.54) is 7.11 Å². The number of methoxy groups -OCH3 is 1.